The molecule has 1 aromatic rings. The zero-order valence-electron chi connectivity index (χ0n) is 9.06. The molecule has 0 saturated heterocycles. The van der Waals surface area contributed by atoms with Gasteiger partial charge in [-0.2, -0.15) is 0 Å². The van der Waals surface area contributed by atoms with E-state index in [1.165, 1.54) is 30.4 Å². The first-order valence-electron chi connectivity index (χ1n) is 5.37. The molecule has 0 atom stereocenters. The predicted octanol–water partition coefficient (Wildman–Crippen LogP) is 3.90. The summed E-state index contributed by atoms with van der Waals surface area (Å²) in [6, 6.07) is 6.70. The summed E-state index contributed by atoms with van der Waals surface area (Å²) < 4.78 is 0. The van der Waals surface area contributed by atoms with E-state index in [2.05, 4.69) is 39.0 Å². The van der Waals surface area contributed by atoms with Gasteiger partial charge in [-0.15, -0.1) is 0 Å². The van der Waals surface area contributed by atoms with E-state index in [1.54, 1.807) is 5.56 Å². The third kappa shape index (κ3) is 2.58. The van der Waals surface area contributed by atoms with Crippen molar-refractivity contribution < 1.29 is 0 Å². The van der Waals surface area contributed by atoms with E-state index >= 15 is 0 Å². The third-order valence-corrected chi connectivity index (χ3v) is 2.74. The molecule has 0 nitrogen and oxygen atoms in total. The molecule has 0 bridgehead atoms. The molecule has 0 aromatic heterocycles. The molecule has 0 fully saturated rings. The number of unbranched alkanes of at least 4 members (excludes halogenated alkanes) is 1. The average molecular weight is 176 g/mol. The maximum atomic E-state index is 2.27. The third-order valence-electron chi connectivity index (χ3n) is 2.74. The van der Waals surface area contributed by atoms with Crippen molar-refractivity contribution in [2.75, 3.05) is 0 Å². The highest BCUT2D eigenvalue weighted by Crippen LogP contribution is 2.16. The molecular weight excluding hydrogens is 156 g/mol. The Labute approximate surface area is 82.0 Å². The second kappa shape index (κ2) is 5.06. The van der Waals surface area contributed by atoms with Gasteiger partial charge in [-0.1, -0.05) is 38.5 Å². The standard InChI is InChI=1S/C13H20/c1-4-6-8-13-10-7-9-12(5-2)11(13)3/h7,9-10H,4-6,8H2,1-3H3. The zero-order valence-corrected chi connectivity index (χ0v) is 9.06. The highest BCUT2D eigenvalue weighted by atomic mass is 14.1. The lowest BCUT2D eigenvalue weighted by atomic mass is 9.97. The zero-order chi connectivity index (χ0) is 9.68. The van der Waals surface area contributed by atoms with Crippen LogP contribution >= 0.6 is 0 Å². The molecule has 0 heteroatoms. The summed E-state index contributed by atoms with van der Waals surface area (Å²) in [7, 11) is 0. The van der Waals surface area contributed by atoms with Crippen LogP contribution in [-0.4, -0.2) is 0 Å². The quantitative estimate of drug-likeness (QED) is 0.652. The van der Waals surface area contributed by atoms with Gasteiger partial charge in [0.1, 0.15) is 0 Å². The first-order valence-corrected chi connectivity index (χ1v) is 5.37. The largest absolute Gasteiger partial charge is 0.0654 e. The van der Waals surface area contributed by atoms with Gasteiger partial charge in [-0.05, 0) is 42.9 Å². The molecule has 1 rings (SSSR count). The second-order valence-corrected chi connectivity index (χ2v) is 3.66. The van der Waals surface area contributed by atoms with Crippen LogP contribution in [0.3, 0.4) is 0 Å². The van der Waals surface area contributed by atoms with Gasteiger partial charge in [0.2, 0.25) is 0 Å². The molecule has 0 N–H and O–H groups in total. The van der Waals surface area contributed by atoms with Crippen LogP contribution in [0.1, 0.15) is 43.4 Å². The van der Waals surface area contributed by atoms with Gasteiger partial charge in [0.05, 0.1) is 0 Å². The molecule has 0 radical (unpaired) electrons. The molecular formula is C13H20. The van der Waals surface area contributed by atoms with Crippen molar-refractivity contribution in [1.29, 1.82) is 0 Å². The van der Waals surface area contributed by atoms with Crippen molar-refractivity contribution >= 4 is 0 Å². The predicted molar refractivity (Wildman–Crippen MR) is 59.2 cm³/mol. The molecule has 0 amide bonds. The van der Waals surface area contributed by atoms with E-state index < -0.39 is 0 Å². The lowest BCUT2D eigenvalue weighted by molar-refractivity contribution is 0.789. The van der Waals surface area contributed by atoms with Gasteiger partial charge >= 0.3 is 0 Å². The Morgan fingerprint density at radius 1 is 1.08 bits per heavy atom. The summed E-state index contributed by atoms with van der Waals surface area (Å²) in [6.07, 6.45) is 5.01. The van der Waals surface area contributed by atoms with Gasteiger partial charge in [0, 0.05) is 0 Å². The number of benzene rings is 1. The number of hydrogen-bond acceptors (Lipinski definition) is 0. The minimum Gasteiger partial charge on any atom is -0.0654 e. The van der Waals surface area contributed by atoms with Crippen molar-refractivity contribution in [2.24, 2.45) is 0 Å². The SMILES string of the molecule is CCCCc1cccc(CC)c1C. The van der Waals surface area contributed by atoms with Crippen LogP contribution in [0.5, 0.6) is 0 Å². The monoisotopic (exact) mass is 176 g/mol. The van der Waals surface area contributed by atoms with Crippen molar-refractivity contribution in [3.05, 3.63) is 34.9 Å². The molecule has 0 saturated carbocycles. The number of aryl methyl sites for hydroxylation is 2. The highest BCUT2D eigenvalue weighted by Gasteiger charge is 2.00. The van der Waals surface area contributed by atoms with Gasteiger partial charge in [-0.25, -0.2) is 0 Å². The minimum atomic E-state index is 1.16. The first-order chi connectivity index (χ1) is 6.29. The van der Waals surface area contributed by atoms with Crippen molar-refractivity contribution in [3.63, 3.8) is 0 Å². The Hall–Kier alpha value is -0.780. The van der Waals surface area contributed by atoms with Crippen LogP contribution in [0.4, 0.5) is 0 Å². The summed E-state index contributed by atoms with van der Waals surface area (Å²) in [5.74, 6) is 0. The van der Waals surface area contributed by atoms with E-state index in [4.69, 9.17) is 0 Å². The Morgan fingerprint density at radius 3 is 2.38 bits per heavy atom. The van der Waals surface area contributed by atoms with Crippen molar-refractivity contribution in [1.82, 2.24) is 0 Å². The molecule has 0 aliphatic carbocycles. The summed E-state index contributed by atoms with van der Waals surface area (Å²) in [4.78, 5) is 0. The molecule has 0 aliphatic heterocycles. The number of rotatable bonds is 4. The highest BCUT2D eigenvalue weighted by molar-refractivity contribution is 5.34. The van der Waals surface area contributed by atoms with Gasteiger partial charge in [0.25, 0.3) is 0 Å². The second-order valence-electron chi connectivity index (χ2n) is 3.66. The Balaban J connectivity index is 2.81. The summed E-state index contributed by atoms with van der Waals surface area (Å²) in [5.41, 5.74) is 4.56. The van der Waals surface area contributed by atoms with Crippen LogP contribution in [0, 0.1) is 6.92 Å². The fraction of sp³-hybridized carbons (Fsp3) is 0.538. The summed E-state index contributed by atoms with van der Waals surface area (Å²) in [6.45, 7) is 6.73. The minimum absolute atomic E-state index is 1.16. The lowest BCUT2D eigenvalue weighted by Crippen LogP contribution is -1.94. The Bertz CT molecular complexity index is 261. The number of hydrogen-bond donors (Lipinski definition) is 0. The van der Waals surface area contributed by atoms with E-state index in [9.17, 15) is 0 Å². The van der Waals surface area contributed by atoms with Crippen LogP contribution in [0.25, 0.3) is 0 Å². The fourth-order valence-corrected chi connectivity index (χ4v) is 1.76. The summed E-state index contributed by atoms with van der Waals surface area (Å²) in [5, 5.41) is 0. The smallest absolute Gasteiger partial charge is 0.0276 e. The Kier molecular flexibility index (Phi) is 4.01. The van der Waals surface area contributed by atoms with Crippen LogP contribution < -0.4 is 0 Å². The van der Waals surface area contributed by atoms with Crippen LogP contribution in [0.2, 0.25) is 0 Å². The molecule has 0 spiro atoms. The molecule has 0 heterocycles. The molecule has 1 aromatic carbocycles. The van der Waals surface area contributed by atoms with Crippen LogP contribution in [-0.2, 0) is 12.8 Å². The normalized spacial score (nSPS) is 10.4. The van der Waals surface area contributed by atoms with Crippen molar-refractivity contribution in [3.8, 4) is 0 Å². The van der Waals surface area contributed by atoms with Crippen molar-refractivity contribution in [2.45, 2.75) is 46.5 Å². The summed E-state index contributed by atoms with van der Waals surface area (Å²) >= 11 is 0. The van der Waals surface area contributed by atoms with Crippen LogP contribution in [0.15, 0.2) is 18.2 Å². The average Bonchev–Trinajstić information content (AvgIpc) is 2.16. The first kappa shape index (κ1) is 10.3. The maximum Gasteiger partial charge on any atom is -0.0276 e. The lowest BCUT2D eigenvalue weighted by Gasteiger charge is -2.09. The van der Waals surface area contributed by atoms with Gasteiger partial charge < -0.3 is 0 Å². The van der Waals surface area contributed by atoms with E-state index in [-0.39, 0.29) is 0 Å². The fourth-order valence-electron chi connectivity index (χ4n) is 1.76. The van der Waals surface area contributed by atoms with Gasteiger partial charge in [0.15, 0.2) is 0 Å². The molecule has 72 valence electrons. The molecule has 13 heavy (non-hydrogen) atoms. The van der Waals surface area contributed by atoms with E-state index in [0.717, 1.165) is 6.42 Å². The maximum absolute atomic E-state index is 2.27. The van der Waals surface area contributed by atoms with E-state index in [1.807, 2.05) is 0 Å². The topological polar surface area (TPSA) is 0 Å². The van der Waals surface area contributed by atoms with E-state index in [0.29, 0.717) is 0 Å². The molecule has 0 aliphatic rings. The molecule has 0 unspecified atom stereocenters. The van der Waals surface area contributed by atoms with Gasteiger partial charge in [-0.3, -0.25) is 0 Å². The Morgan fingerprint density at radius 2 is 1.77 bits per heavy atom.